The SMILES string of the molecule is CC(=O)CC(=O)N[C@@H]1C(=O)N2C(C(=O)O)=CCS[C@@H]12. The molecule has 0 aromatic heterocycles. The van der Waals surface area contributed by atoms with Crippen LogP contribution in [0, 0.1) is 0 Å². The van der Waals surface area contributed by atoms with Gasteiger partial charge < -0.3 is 10.4 Å². The molecule has 2 rings (SSSR count). The van der Waals surface area contributed by atoms with Gasteiger partial charge in [0.15, 0.2) is 0 Å². The van der Waals surface area contributed by atoms with E-state index in [1.807, 2.05) is 0 Å². The fourth-order valence-electron chi connectivity index (χ4n) is 1.99. The molecular weight excluding hydrogens is 272 g/mol. The monoisotopic (exact) mass is 284 g/mol. The highest BCUT2D eigenvalue weighted by molar-refractivity contribution is 8.00. The molecule has 2 aliphatic heterocycles. The van der Waals surface area contributed by atoms with Crippen LogP contribution in [-0.4, -0.2) is 50.7 Å². The zero-order valence-corrected chi connectivity index (χ0v) is 10.9. The van der Waals surface area contributed by atoms with Crippen molar-refractivity contribution in [1.29, 1.82) is 0 Å². The number of fused-ring (bicyclic) bond motifs is 1. The summed E-state index contributed by atoms with van der Waals surface area (Å²) in [6.07, 6.45) is 1.19. The lowest BCUT2D eigenvalue weighted by molar-refractivity contribution is -0.150. The molecule has 2 atom stereocenters. The maximum Gasteiger partial charge on any atom is 0.352 e. The first-order valence-corrected chi connectivity index (χ1v) is 6.63. The fraction of sp³-hybridized carbons (Fsp3) is 0.455. The number of carbonyl (C=O) groups is 4. The number of nitrogens with zero attached hydrogens (tertiary/aromatic N) is 1. The van der Waals surface area contributed by atoms with Gasteiger partial charge in [0.1, 0.15) is 22.9 Å². The Labute approximate surface area is 113 Å². The lowest BCUT2D eigenvalue weighted by Crippen LogP contribution is -2.70. The Balaban J connectivity index is 2.03. The molecule has 2 aliphatic rings. The number of hydrogen-bond donors (Lipinski definition) is 2. The van der Waals surface area contributed by atoms with Gasteiger partial charge in [-0.3, -0.25) is 19.3 Å². The van der Waals surface area contributed by atoms with Crippen LogP contribution in [0.2, 0.25) is 0 Å². The largest absolute Gasteiger partial charge is 0.477 e. The fourth-order valence-corrected chi connectivity index (χ4v) is 3.18. The zero-order valence-electron chi connectivity index (χ0n) is 10.1. The van der Waals surface area contributed by atoms with E-state index in [1.165, 1.54) is 24.8 Å². The smallest absolute Gasteiger partial charge is 0.352 e. The third-order valence-corrected chi connectivity index (χ3v) is 3.98. The van der Waals surface area contributed by atoms with Crippen LogP contribution < -0.4 is 5.32 Å². The standard InChI is InChI=1S/C11H12N2O5S/c1-5(14)4-7(15)12-8-9(16)13-6(11(17)18)2-3-19-10(8)13/h2,8,10H,3-4H2,1H3,(H,12,15)(H,17,18)/t8-,10+/m1/s1. The summed E-state index contributed by atoms with van der Waals surface area (Å²) >= 11 is 1.37. The van der Waals surface area contributed by atoms with Gasteiger partial charge in [-0.25, -0.2) is 4.79 Å². The minimum Gasteiger partial charge on any atom is -0.477 e. The summed E-state index contributed by atoms with van der Waals surface area (Å²) in [7, 11) is 0. The van der Waals surface area contributed by atoms with E-state index in [0.29, 0.717) is 5.75 Å². The van der Waals surface area contributed by atoms with Crippen LogP contribution in [0.4, 0.5) is 0 Å². The average Bonchev–Trinajstić information content (AvgIpc) is 2.33. The lowest BCUT2D eigenvalue weighted by atomic mass is 10.0. The second-order valence-electron chi connectivity index (χ2n) is 4.25. The van der Waals surface area contributed by atoms with Crippen LogP contribution in [-0.2, 0) is 19.2 Å². The molecule has 0 aromatic carbocycles. The van der Waals surface area contributed by atoms with Gasteiger partial charge in [0.05, 0.1) is 6.42 Å². The number of carboxylic acid groups (broad SMARTS) is 1. The summed E-state index contributed by atoms with van der Waals surface area (Å²) < 4.78 is 0. The Morgan fingerprint density at radius 1 is 1.53 bits per heavy atom. The molecule has 8 heteroatoms. The number of β-lactam (4-membered cyclic amide) rings is 1. The number of carbonyl (C=O) groups excluding carboxylic acids is 3. The van der Waals surface area contributed by atoms with Crippen molar-refractivity contribution < 1.29 is 24.3 Å². The molecule has 0 saturated carbocycles. The van der Waals surface area contributed by atoms with Crippen molar-refractivity contribution in [2.45, 2.75) is 24.8 Å². The molecule has 0 spiro atoms. The van der Waals surface area contributed by atoms with E-state index in [2.05, 4.69) is 5.32 Å². The van der Waals surface area contributed by atoms with Crippen molar-refractivity contribution in [3.8, 4) is 0 Å². The van der Waals surface area contributed by atoms with Gasteiger partial charge in [-0.05, 0) is 13.0 Å². The number of Topliss-reactive ketones (excluding diaryl/α,β-unsaturated/α-hetero) is 1. The van der Waals surface area contributed by atoms with Crippen molar-refractivity contribution in [3.05, 3.63) is 11.8 Å². The normalized spacial score (nSPS) is 25.0. The summed E-state index contributed by atoms with van der Waals surface area (Å²) in [6, 6.07) is -0.750. The molecule has 1 fully saturated rings. The van der Waals surface area contributed by atoms with E-state index in [1.54, 1.807) is 0 Å². The molecule has 0 bridgehead atoms. The van der Waals surface area contributed by atoms with Crippen molar-refractivity contribution in [3.63, 3.8) is 0 Å². The Morgan fingerprint density at radius 2 is 2.21 bits per heavy atom. The highest BCUT2D eigenvalue weighted by Crippen LogP contribution is 2.37. The maximum absolute atomic E-state index is 11.8. The molecule has 0 aromatic rings. The highest BCUT2D eigenvalue weighted by atomic mass is 32.2. The average molecular weight is 284 g/mol. The Bertz CT molecular complexity index is 501. The highest BCUT2D eigenvalue weighted by Gasteiger charge is 2.52. The predicted molar refractivity (Wildman–Crippen MR) is 66.0 cm³/mol. The number of rotatable bonds is 4. The second-order valence-corrected chi connectivity index (χ2v) is 5.40. The summed E-state index contributed by atoms with van der Waals surface area (Å²) in [4.78, 5) is 46.2. The van der Waals surface area contributed by atoms with Crippen molar-refractivity contribution in [1.82, 2.24) is 10.2 Å². The van der Waals surface area contributed by atoms with E-state index in [0.717, 1.165) is 4.90 Å². The Hall–Kier alpha value is -1.83. The second kappa shape index (κ2) is 5.04. The van der Waals surface area contributed by atoms with Crippen LogP contribution in [0.3, 0.4) is 0 Å². The first-order valence-electron chi connectivity index (χ1n) is 5.58. The third kappa shape index (κ3) is 2.48. The molecular formula is C11H12N2O5S. The summed E-state index contributed by atoms with van der Waals surface area (Å²) in [5.41, 5.74) is -0.0502. The van der Waals surface area contributed by atoms with Crippen molar-refractivity contribution in [2.24, 2.45) is 0 Å². The van der Waals surface area contributed by atoms with Crippen molar-refractivity contribution >= 4 is 35.3 Å². The molecule has 19 heavy (non-hydrogen) atoms. The van der Waals surface area contributed by atoms with E-state index < -0.39 is 29.2 Å². The molecule has 2 N–H and O–H groups in total. The minimum atomic E-state index is -1.16. The molecule has 1 saturated heterocycles. The van der Waals surface area contributed by atoms with Gasteiger partial charge in [-0.2, -0.15) is 0 Å². The first kappa shape index (κ1) is 13.6. The van der Waals surface area contributed by atoms with Crippen LogP contribution in [0.5, 0.6) is 0 Å². The molecule has 0 unspecified atom stereocenters. The number of aliphatic carboxylic acids is 1. The van der Waals surface area contributed by atoms with E-state index in [-0.39, 0.29) is 17.9 Å². The Kier molecular flexibility index (Phi) is 3.61. The van der Waals surface area contributed by atoms with Gasteiger partial charge in [0, 0.05) is 5.75 Å². The lowest BCUT2D eigenvalue weighted by Gasteiger charge is -2.48. The maximum atomic E-state index is 11.8. The van der Waals surface area contributed by atoms with E-state index >= 15 is 0 Å². The predicted octanol–water partition coefficient (Wildman–Crippen LogP) is -0.666. The number of thioether (sulfide) groups is 1. The van der Waals surface area contributed by atoms with Gasteiger partial charge in [-0.1, -0.05) is 0 Å². The molecule has 2 amide bonds. The Morgan fingerprint density at radius 3 is 2.79 bits per heavy atom. The number of ketones is 1. The zero-order chi connectivity index (χ0) is 14.2. The minimum absolute atomic E-state index is 0.0502. The third-order valence-electron chi connectivity index (χ3n) is 2.79. The first-order chi connectivity index (χ1) is 8.91. The summed E-state index contributed by atoms with van der Waals surface area (Å²) in [5.74, 6) is -1.95. The van der Waals surface area contributed by atoms with Gasteiger partial charge in [0.2, 0.25) is 5.91 Å². The molecule has 102 valence electrons. The number of amides is 2. The van der Waals surface area contributed by atoms with Crippen LogP contribution in [0.1, 0.15) is 13.3 Å². The van der Waals surface area contributed by atoms with E-state index in [9.17, 15) is 19.2 Å². The van der Waals surface area contributed by atoms with Crippen LogP contribution in [0.25, 0.3) is 0 Å². The summed E-state index contributed by atoms with van der Waals surface area (Å²) in [5, 5.41) is 11.0. The molecule has 0 aliphatic carbocycles. The molecule has 7 nitrogen and oxygen atoms in total. The number of nitrogens with one attached hydrogen (secondary N) is 1. The molecule has 2 heterocycles. The van der Waals surface area contributed by atoms with Crippen molar-refractivity contribution in [2.75, 3.05) is 5.75 Å². The molecule has 0 radical (unpaired) electrons. The van der Waals surface area contributed by atoms with Crippen LogP contribution >= 0.6 is 11.8 Å². The van der Waals surface area contributed by atoms with Gasteiger partial charge in [0.25, 0.3) is 5.91 Å². The van der Waals surface area contributed by atoms with Gasteiger partial charge >= 0.3 is 5.97 Å². The number of hydrogen-bond acceptors (Lipinski definition) is 5. The number of carboxylic acids is 1. The van der Waals surface area contributed by atoms with Crippen LogP contribution in [0.15, 0.2) is 11.8 Å². The van der Waals surface area contributed by atoms with E-state index in [4.69, 9.17) is 5.11 Å². The topological polar surface area (TPSA) is 104 Å². The summed E-state index contributed by atoms with van der Waals surface area (Å²) in [6.45, 7) is 1.29. The van der Waals surface area contributed by atoms with Gasteiger partial charge in [-0.15, -0.1) is 11.8 Å². The quantitative estimate of drug-likeness (QED) is 0.524.